The maximum absolute atomic E-state index is 14.9. The Bertz CT molecular complexity index is 1500. The Morgan fingerprint density at radius 3 is 2.86 bits per heavy atom. The van der Waals surface area contributed by atoms with Crippen LogP contribution in [0.15, 0.2) is 65.7 Å². The van der Waals surface area contributed by atoms with E-state index in [1.807, 2.05) is 56.5 Å². The fourth-order valence-electron chi connectivity index (χ4n) is 5.34. The number of halogens is 2. The maximum atomic E-state index is 14.9. The Kier molecular flexibility index (Phi) is 5.23. The molecule has 1 aliphatic carbocycles. The SMILES string of the molecule is Cc1ccc(CC2C=CC=C2c2cc(Cl)c3c(c2)C(c2ccc4c(c2)CC(=O)N4)C=N3)c(F)c1C. The molecule has 1 amide bonds. The summed E-state index contributed by atoms with van der Waals surface area (Å²) >= 11 is 6.71. The van der Waals surface area contributed by atoms with Crippen LogP contribution in [0.3, 0.4) is 0 Å². The summed E-state index contributed by atoms with van der Waals surface area (Å²) in [4.78, 5) is 16.4. The van der Waals surface area contributed by atoms with Crippen molar-refractivity contribution < 1.29 is 9.18 Å². The average molecular weight is 483 g/mol. The van der Waals surface area contributed by atoms with Gasteiger partial charge in [-0.1, -0.05) is 54.1 Å². The molecule has 3 aliphatic rings. The number of aliphatic imine (C=N–C) groups is 1. The molecule has 35 heavy (non-hydrogen) atoms. The van der Waals surface area contributed by atoms with Crippen LogP contribution in [-0.4, -0.2) is 12.1 Å². The van der Waals surface area contributed by atoms with E-state index in [1.165, 1.54) is 0 Å². The lowest BCUT2D eigenvalue weighted by atomic mass is 9.85. The van der Waals surface area contributed by atoms with E-state index in [-0.39, 0.29) is 23.6 Å². The first-order valence-corrected chi connectivity index (χ1v) is 12.2. The molecule has 2 aliphatic heterocycles. The number of carbonyl (C=O) groups is 1. The van der Waals surface area contributed by atoms with E-state index in [0.717, 1.165) is 50.3 Å². The topological polar surface area (TPSA) is 41.5 Å². The number of anilines is 1. The monoisotopic (exact) mass is 482 g/mol. The predicted molar refractivity (Wildman–Crippen MR) is 140 cm³/mol. The molecule has 0 aromatic heterocycles. The molecule has 0 fully saturated rings. The van der Waals surface area contributed by atoms with Crippen LogP contribution < -0.4 is 5.32 Å². The molecule has 2 atom stereocenters. The summed E-state index contributed by atoms with van der Waals surface area (Å²) in [5.41, 5.74) is 9.37. The van der Waals surface area contributed by atoms with Crippen molar-refractivity contribution in [2.75, 3.05) is 5.32 Å². The largest absolute Gasteiger partial charge is 0.326 e. The summed E-state index contributed by atoms with van der Waals surface area (Å²) in [6, 6.07) is 14.1. The lowest BCUT2D eigenvalue weighted by molar-refractivity contribution is -0.115. The highest BCUT2D eigenvalue weighted by Crippen LogP contribution is 2.45. The Morgan fingerprint density at radius 1 is 1.14 bits per heavy atom. The fourth-order valence-corrected chi connectivity index (χ4v) is 5.61. The molecule has 0 bridgehead atoms. The summed E-state index contributed by atoms with van der Waals surface area (Å²) < 4.78 is 14.9. The van der Waals surface area contributed by atoms with E-state index >= 15 is 0 Å². The summed E-state index contributed by atoms with van der Waals surface area (Å²) in [5, 5.41) is 3.50. The first-order valence-electron chi connectivity index (χ1n) is 11.8. The molecule has 3 nitrogen and oxygen atoms in total. The number of nitrogens with one attached hydrogen (secondary N) is 1. The Hall–Kier alpha value is -3.50. The fraction of sp³-hybridized carbons (Fsp3) is 0.200. The number of carbonyl (C=O) groups excluding carboxylic acids is 1. The van der Waals surface area contributed by atoms with Gasteiger partial charge in [-0.05, 0) is 83.0 Å². The Labute approximate surface area is 209 Å². The zero-order valence-corrected chi connectivity index (χ0v) is 20.3. The van der Waals surface area contributed by atoms with Crippen molar-refractivity contribution in [2.24, 2.45) is 10.9 Å². The third-order valence-corrected chi connectivity index (χ3v) is 7.71. The minimum atomic E-state index is -0.116. The highest BCUT2D eigenvalue weighted by molar-refractivity contribution is 6.33. The van der Waals surface area contributed by atoms with E-state index in [9.17, 15) is 9.18 Å². The number of rotatable bonds is 4. The summed E-state index contributed by atoms with van der Waals surface area (Å²) in [7, 11) is 0. The van der Waals surface area contributed by atoms with Crippen molar-refractivity contribution in [1.82, 2.24) is 0 Å². The van der Waals surface area contributed by atoms with Gasteiger partial charge in [0.15, 0.2) is 0 Å². The number of fused-ring (bicyclic) bond motifs is 2. The van der Waals surface area contributed by atoms with Crippen molar-refractivity contribution in [2.45, 2.75) is 32.6 Å². The summed E-state index contributed by atoms with van der Waals surface area (Å²) in [6.07, 6.45) is 9.18. The molecule has 0 spiro atoms. The van der Waals surface area contributed by atoms with Gasteiger partial charge in [-0.2, -0.15) is 0 Å². The summed E-state index contributed by atoms with van der Waals surface area (Å²) in [6.45, 7) is 3.77. The minimum absolute atomic E-state index is 0.0230. The molecule has 2 unspecified atom stereocenters. The van der Waals surface area contributed by atoms with Crippen LogP contribution in [0.2, 0.25) is 5.02 Å². The molecule has 1 N–H and O–H groups in total. The van der Waals surface area contributed by atoms with Gasteiger partial charge in [-0.25, -0.2) is 4.39 Å². The van der Waals surface area contributed by atoms with Gasteiger partial charge in [0.1, 0.15) is 5.82 Å². The quantitative estimate of drug-likeness (QED) is 0.418. The smallest absolute Gasteiger partial charge is 0.228 e. The van der Waals surface area contributed by atoms with Gasteiger partial charge in [-0.15, -0.1) is 0 Å². The van der Waals surface area contributed by atoms with Crippen LogP contribution in [-0.2, 0) is 17.6 Å². The standard InChI is InChI=1S/C30H24ClFN2O/c1-16-6-7-20(29(32)17(16)2)10-18-4-3-5-23(18)21-12-24-25(15-33-30(24)26(31)13-21)19-8-9-27-22(11-19)14-28(35)34-27/h3-9,11-13,15,18,25H,10,14H2,1-2H3,(H,34,35). The number of hydrogen-bond acceptors (Lipinski definition) is 2. The molecular weight excluding hydrogens is 459 g/mol. The number of nitrogens with zero attached hydrogens (tertiary/aromatic N) is 1. The normalized spacial score (nSPS) is 19.7. The van der Waals surface area contributed by atoms with E-state index < -0.39 is 0 Å². The highest BCUT2D eigenvalue weighted by atomic mass is 35.5. The van der Waals surface area contributed by atoms with Crippen molar-refractivity contribution in [3.8, 4) is 0 Å². The van der Waals surface area contributed by atoms with Crippen molar-refractivity contribution in [3.05, 3.63) is 110 Å². The number of amides is 1. The van der Waals surface area contributed by atoms with Gasteiger partial charge in [0.25, 0.3) is 0 Å². The van der Waals surface area contributed by atoms with E-state index in [0.29, 0.717) is 23.4 Å². The molecule has 0 radical (unpaired) electrons. The molecule has 0 saturated carbocycles. The Morgan fingerprint density at radius 2 is 2.00 bits per heavy atom. The number of hydrogen-bond donors (Lipinski definition) is 1. The van der Waals surface area contributed by atoms with E-state index in [2.05, 4.69) is 34.6 Å². The second-order valence-electron chi connectivity index (χ2n) is 9.59. The first kappa shape index (κ1) is 22.0. The summed E-state index contributed by atoms with van der Waals surface area (Å²) in [5.74, 6) is -0.0581. The van der Waals surface area contributed by atoms with Gasteiger partial charge >= 0.3 is 0 Å². The third-order valence-electron chi connectivity index (χ3n) is 7.42. The van der Waals surface area contributed by atoms with Crippen molar-refractivity contribution >= 4 is 40.7 Å². The number of aryl methyl sites for hydroxylation is 1. The van der Waals surface area contributed by atoms with Crippen molar-refractivity contribution in [3.63, 3.8) is 0 Å². The van der Waals surface area contributed by atoms with Crippen LogP contribution >= 0.6 is 11.6 Å². The molecule has 5 heteroatoms. The van der Waals surface area contributed by atoms with E-state index in [1.54, 1.807) is 0 Å². The molecule has 6 rings (SSSR count). The second-order valence-corrected chi connectivity index (χ2v) is 10.00. The van der Waals surface area contributed by atoms with Gasteiger partial charge < -0.3 is 5.32 Å². The molecule has 3 aromatic rings. The first-order chi connectivity index (χ1) is 16.9. The van der Waals surface area contributed by atoms with Crippen molar-refractivity contribution in [1.29, 1.82) is 0 Å². The molecular formula is C30H24ClFN2O. The van der Waals surface area contributed by atoms with Gasteiger partial charge in [0, 0.05) is 23.7 Å². The van der Waals surface area contributed by atoms with Crippen LogP contribution in [0.4, 0.5) is 15.8 Å². The maximum Gasteiger partial charge on any atom is 0.228 e. The number of allylic oxidation sites excluding steroid dienone is 4. The Balaban J connectivity index is 1.33. The predicted octanol–water partition coefficient (Wildman–Crippen LogP) is 7.25. The van der Waals surface area contributed by atoms with E-state index in [4.69, 9.17) is 11.6 Å². The number of benzene rings is 3. The molecule has 2 heterocycles. The highest BCUT2D eigenvalue weighted by Gasteiger charge is 2.28. The zero-order chi connectivity index (χ0) is 24.3. The lowest BCUT2D eigenvalue weighted by Gasteiger charge is -2.19. The third kappa shape index (κ3) is 3.73. The molecule has 3 aromatic carbocycles. The lowest BCUT2D eigenvalue weighted by Crippen LogP contribution is -2.06. The van der Waals surface area contributed by atoms with Crippen LogP contribution in [0.1, 0.15) is 44.9 Å². The minimum Gasteiger partial charge on any atom is -0.326 e. The van der Waals surface area contributed by atoms with Gasteiger partial charge in [0.2, 0.25) is 5.91 Å². The van der Waals surface area contributed by atoms with Crippen LogP contribution in [0.5, 0.6) is 0 Å². The van der Waals surface area contributed by atoms with Crippen LogP contribution in [0, 0.1) is 25.6 Å². The second kappa shape index (κ2) is 8.31. The average Bonchev–Trinajstić information content (AvgIpc) is 3.56. The van der Waals surface area contributed by atoms with Crippen LogP contribution in [0.25, 0.3) is 5.57 Å². The molecule has 0 saturated heterocycles. The zero-order valence-electron chi connectivity index (χ0n) is 19.5. The molecule has 174 valence electrons. The van der Waals surface area contributed by atoms with Gasteiger partial charge in [-0.3, -0.25) is 9.79 Å². The van der Waals surface area contributed by atoms with Gasteiger partial charge in [0.05, 0.1) is 17.1 Å².